The fourth-order valence-corrected chi connectivity index (χ4v) is 1.60. The lowest BCUT2D eigenvalue weighted by Gasteiger charge is -2.17. The number of hydrogen-bond donors (Lipinski definition) is 2. The van der Waals surface area contributed by atoms with E-state index in [2.05, 4.69) is 13.8 Å². The topological polar surface area (TPSA) is 46.2 Å². The van der Waals surface area contributed by atoms with Crippen LogP contribution in [0.4, 0.5) is 0 Å². The summed E-state index contributed by atoms with van der Waals surface area (Å²) in [6.45, 7) is 4.21. The van der Waals surface area contributed by atoms with Crippen molar-refractivity contribution in [3.63, 3.8) is 0 Å². The zero-order valence-electron chi connectivity index (χ0n) is 10.4. The zero-order chi connectivity index (χ0) is 12.0. The van der Waals surface area contributed by atoms with Gasteiger partial charge in [0.2, 0.25) is 0 Å². The Labute approximate surface area is 110 Å². The molecule has 0 aliphatic rings. The molecule has 96 valence electrons. The maximum atomic E-state index is 9.82. The molecule has 0 aromatic heterocycles. The van der Waals surface area contributed by atoms with E-state index >= 15 is 0 Å². The maximum Gasteiger partial charge on any atom is 0.0875 e. The molecule has 0 aliphatic carbocycles. The molecule has 1 aromatic rings. The van der Waals surface area contributed by atoms with E-state index in [4.69, 9.17) is 5.73 Å². The molecule has 0 saturated carbocycles. The molecule has 2 atom stereocenters. The average Bonchev–Trinajstić information content (AvgIpc) is 2.26. The molecule has 0 fully saturated rings. The average molecular weight is 256 g/mol. The summed E-state index contributed by atoms with van der Waals surface area (Å²) in [7, 11) is 0. The van der Waals surface area contributed by atoms with E-state index < -0.39 is 6.10 Å². The van der Waals surface area contributed by atoms with Gasteiger partial charge in [-0.3, -0.25) is 0 Å². The molecule has 3 N–H and O–H groups in total. The lowest BCUT2D eigenvalue weighted by atomic mass is 9.99. The number of nitrogens with two attached hydrogens (primary N) is 1. The van der Waals surface area contributed by atoms with Crippen molar-refractivity contribution in [2.75, 3.05) is 0 Å². The van der Waals surface area contributed by atoms with Crippen LogP contribution < -0.4 is 5.73 Å². The largest absolute Gasteiger partial charge is 0.387 e. The Morgan fingerprint density at radius 2 is 1.82 bits per heavy atom. The summed E-state index contributed by atoms with van der Waals surface area (Å²) >= 11 is 0. The minimum Gasteiger partial charge on any atom is -0.387 e. The number of aliphatic hydroxyl groups excluding tert-OH is 1. The third-order valence-corrected chi connectivity index (χ3v) is 2.47. The van der Waals surface area contributed by atoms with Crippen molar-refractivity contribution in [1.29, 1.82) is 0 Å². The van der Waals surface area contributed by atoms with Gasteiger partial charge in [0, 0.05) is 6.04 Å². The molecule has 17 heavy (non-hydrogen) atoms. The molecule has 0 unspecified atom stereocenters. The van der Waals surface area contributed by atoms with Crippen molar-refractivity contribution in [3.05, 3.63) is 42.0 Å². The molecule has 0 heterocycles. The van der Waals surface area contributed by atoms with Crippen LogP contribution in [0.5, 0.6) is 0 Å². The van der Waals surface area contributed by atoms with Crippen molar-refractivity contribution >= 4 is 18.5 Å². The lowest BCUT2D eigenvalue weighted by molar-refractivity contribution is 0.179. The van der Waals surface area contributed by atoms with Gasteiger partial charge in [-0.2, -0.15) is 0 Å². The van der Waals surface area contributed by atoms with Crippen LogP contribution in [0.15, 0.2) is 36.4 Å². The highest BCUT2D eigenvalue weighted by atomic mass is 35.5. The van der Waals surface area contributed by atoms with Crippen LogP contribution in [0, 0.1) is 5.92 Å². The van der Waals surface area contributed by atoms with Gasteiger partial charge >= 0.3 is 0 Å². The van der Waals surface area contributed by atoms with E-state index in [9.17, 15) is 5.11 Å². The predicted octanol–water partition coefficient (Wildman–Crippen LogP) is 2.86. The van der Waals surface area contributed by atoms with Gasteiger partial charge in [0.1, 0.15) is 0 Å². The fraction of sp³-hybridized carbons (Fsp3) is 0.429. The van der Waals surface area contributed by atoms with Crippen molar-refractivity contribution in [2.24, 2.45) is 11.7 Å². The van der Waals surface area contributed by atoms with Gasteiger partial charge in [-0.15, -0.1) is 12.4 Å². The van der Waals surface area contributed by atoms with E-state index in [1.165, 1.54) is 0 Å². The molecule has 0 spiro atoms. The van der Waals surface area contributed by atoms with Gasteiger partial charge in [-0.05, 0) is 17.9 Å². The summed E-state index contributed by atoms with van der Waals surface area (Å²) in [5.41, 5.74) is 6.96. The van der Waals surface area contributed by atoms with E-state index in [0.29, 0.717) is 5.92 Å². The van der Waals surface area contributed by atoms with E-state index in [-0.39, 0.29) is 18.4 Å². The summed E-state index contributed by atoms with van der Waals surface area (Å²) in [6.07, 6.45) is 3.94. The molecule has 0 saturated heterocycles. The van der Waals surface area contributed by atoms with Crippen molar-refractivity contribution in [1.82, 2.24) is 0 Å². The number of rotatable bonds is 5. The van der Waals surface area contributed by atoms with Gasteiger partial charge < -0.3 is 10.8 Å². The minimum absolute atomic E-state index is 0. The number of hydrogen-bond acceptors (Lipinski definition) is 2. The van der Waals surface area contributed by atoms with E-state index in [1.807, 2.05) is 36.4 Å². The van der Waals surface area contributed by atoms with Crippen LogP contribution in [0.1, 0.15) is 25.8 Å². The first-order valence-electron chi connectivity index (χ1n) is 5.76. The lowest BCUT2D eigenvalue weighted by Crippen LogP contribution is -2.34. The minimum atomic E-state index is -0.567. The predicted molar refractivity (Wildman–Crippen MR) is 76.2 cm³/mol. The van der Waals surface area contributed by atoms with Gasteiger partial charge in [0.15, 0.2) is 0 Å². The van der Waals surface area contributed by atoms with Crippen molar-refractivity contribution in [2.45, 2.75) is 32.4 Å². The normalized spacial score (nSPS) is 14.6. The molecule has 0 radical (unpaired) electrons. The monoisotopic (exact) mass is 255 g/mol. The van der Waals surface area contributed by atoms with Crippen LogP contribution in [-0.4, -0.2) is 17.3 Å². The molecule has 0 amide bonds. The van der Waals surface area contributed by atoms with Gasteiger partial charge in [-0.25, -0.2) is 0 Å². The Hall–Kier alpha value is -0.830. The maximum absolute atomic E-state index is 9.82. The molecule has 0 bridgehead atoms. The van der Waals surface area contributed by atoms with Crippen LogP contribution in [0.2, 0.25) is 0 Å². The Bertz CT molecular complexity index is 324. The first-order chi connectivity index (χ1) is 7.59. The molecule has 0 aliphatic heterocycles. The molecular formula is C14H22ClNO. The molecule has 2 nitrogen and oxygen atoms in total. The molecule has 1 rings (SSSR count). The summed E-state index contributed by atoms with van der Waals surface area (Å²) in [4.78, 5) is 0. The summed E-state index contributed by atoms with van der Waals surface area (Å²) in [5.74, 6) is 0.509. The second kappa shape index (κ2) is 8.29. The highest BCUT2D eigenvalue weighted by Gasteiger charge is 2.12. The molecule has 1 aromatic carbocycles. The summed E-state index contributed by atoms with van der Waals surface area (Å²) < 4.78 is 0. The Kier molecular flexibility index (Phi) is 7.88. The zero-order valence-corrected chi connectivity index (χ0v) is 11.2. The van der Waals surface area contributed by atoms with Crippen LogP contribution in [-0.2, 0) is 0 Å². The van der Waals surface area contributed by atoms with Crippen LogP contribution in [0.3, 0.4) is 0 Å². The van der Waals surface area contributed by atoms with Gasteiger partial charge in [0.05, 0.1) is 6.10 Å². The number of aliphatic hydroxyl groups is 1. The second-order valence-electron chi connectivity index (χ2n) is 4.55. The number of benzene rings is 1. The summed E-state index contributed by atoms with van der Waals surface area (Å²) in [6, 6.07) is 9.73. The van der Waals surface area contributed by atoms with Crippen molar-refractivity contribution < 1.29 is 5.11 Å². The molecular weight excluding hydrogens is 234 g/mol. The first kappa shape index (κ1) is 16.2. The highest BCUT2D eigenvalue weighted by molar-refractivity contribution is 5.85. The fourth-order valence-electron chi connectivity index (χ4n) is 1.60. The third kappa shape index (κ3) is 6.47. The van der Waals surface area contributed by atoms with E-state index in [0.717, 1.165) is 12.0 Å². The number of halogens is 1. The first-order valence-corrected chi connectivity index (χ1v) is 5.76. The molecule has 3 heteroatoms. The summed E-state index contributed by atoms with van der Waals surface area (Å²) in [5, 5.41) is 9.82. The Morgan fingerprint density at radius 1 is 1.24 bits per heavy atom. The quantitative estimate of drug-likeness (QED) is 0.850. The van der Waals surface area contributed by atoms with Gasteiger partial charge in [-0.1, -0.05) is 56.3 Å². The van der Waals surface area contributed by atoms with Gasteiger partial charge in [0.25, 0.3) is 0 Å². The standard InChI is InChI=1S/C14H21NO.ClH/c1-11(2)10-13(15)14(16)9-8-12-6-4-3-5-7-12;/h3-9,11,13-14,16H,10,15H2,1-2H3;1H/b9-8+;/t13-,14+;/m0./s1. The Balaban J connectivity index is 0.00000256. The van der Waals surface area contributed by atoms with Crippen molar-refractivity contribution in [3.8, 4) is 0 Å². The van der Waals surface area contributed by atoms with Crippen LogP contribution in [0.25, 0.3) is 6.08 Å². The third-order valence-electron chi connectivity index (χ3n) is 2.47. The second-order valence-corrected chi connectivity index (χ2v) is 4.55. The van der Waals surface area contributed by atoms with Crippen LogP contribution >= 0.6 is 12.4 Å². The SMILES string of the molecule is CC(C)C[C@H](N)[C@H](O)/C=C/c1ccccc1.Cl. The van der Waals surface area contributed by atoms with E-state index in [1.54, 1.807) is 6.08 Å². The smallest absolute Gasteiger partial charge is 0.0875 e. The Morgan fingerprint density at radius 3 is 2.35 bits per heavy atom. The highest BCUT2D eigenvalue weighted by Crippen LogP contribution is 2.09.